The zero-order valence-corrected chi connectivity index (χ0v) is 17.7. The summed E-state index contributed by atoms with van der Waals surface area (Å²) >= 11 is 0. The molecule has 0 heterocycles. The molecule has 0 atom stereocenters. The molecule has 0 aliphatic carbocycles. The maximum absolute atomic E-state index is 13.0. The number of benzene rings is 3. The molecule has 2 N–H and O–H groups in total. The highest BCUT2D eigenvalue weighted by atomic mass is 32.2. The van der Waals surface area contributed by atoms with Crippen molar-refractivity contribution in [3.05, 3.63) is 88.5 Å². The molecule has 3 aromatic rings. The Morgan fingerprint density at radius 2 is 1.45 bits per heavy atom. The summed E-state index contributed by atoms with van der Waals surface area (Å²) < 4.78 is 28.5. The van der Waals surface area contributed by atoms with E-state index in [0.717, 1.165) is 16.7 Å². The average molecular weight is 409 g/mol. The fourth-order valence-electron chi connectivity index (χ4n) is 2.95. The molecule has 0 fully saturated rings. The van der Waals surface area contributed by atoms with Crippen LogP contribution in [0.1, 0.15) is 32.6 Å². The minimum atomic E-state index is -3.84. The molecule has 0 spiro atoms. The normalized spacial score (nSPS) is 11.2. The summed E-state index contributed by atoms with van der Waals surface area (Å²) in [6, 6.07) is 17.5. The van der Waals surface area contributed by atoms with Crippen molar-refractivity contribution in [1.82, 2.24) is 0 Å². The van der Waals surface area contributed by atoms with Crippen LogP contribution in [0.15, 0.2) is 65.6 Å². The zero-order valence-electron chi connectivity index (χ0n) is 16.9. The van der Waals surface area contributed by atoms with Gasteiger partial charge in [0.1, 0.15) is 0 Å². The highest BCUT2D eigenvalue weighted by Gasteiger charge is 2.20. The smallest absolute Gasteiger partial charge is 0.262 e. The lowest BCUT2D eigenvalue weighted by molar-refractivity contribution is 0.102. The molecule has 1 amide bonds. The number of aryl methyl sites for hydroxylation is 4. The molecule has 0 radical (unpaired) electrons. The van der Waals surface area contributed by atoms with E-state index >= 15 is 0 Å². The molecular weight excluding hydrogens is 384 g/mol. The predicted octanol–water partition coefficient (Wildman–Crippen LogP) is 4.97. The molecule has 0 bridgehead atoms. The lowest BCUT2D eigenvalue weighted by atomic mass is 10.1. The second-order valence-corrected chi connectivity index (χ2v) is 8.80. The number of nitrogens with one attached hydrogen (secondary N) is 2. The lowest BCUT2D eigenvalue weighted by Crippen LogP contribution is -2.17. The molecule has 0 aliphatic heterocycles. The van der Waals surface area contributed by atoms with E-state index in [2.05, 4.69) is 10.0 Å². The van der Waals surface area contributed by atoms with Crippen LogP contribution in [0.3, 0.4) is 0 Å². The van der Waals surface area contributed by atoms with Crippen LogP contribution < -0.4 is 10.0 Å². The Kier molecular flexibility index (Phi) is 5.75. The third-order valence-corrected chi connectivity index (χ3v) is 6.42. The zero-order chi connectivity index (χ0) is 21.2. The van der Waals surface area contributed by atoms with E-state index in [9.17, 15) is 13.2 Å². The van der Waals surface area contributed by atoms with E-state index in [4.69, 9.17) is 0 Å². The van der Waals surface area contributed by atoms with Crippen LogP contribution >= 0.6 is 0 Å². The molecule has 5 nitrogen and oxygen atoms in total. The van der Waals surface area contributed by atoms with Gasteiger partial charge in [0, 0.05) is 16.9 Å². The standard InChI is InChI=1S/C23H24N2O3S/c1-15-10-12-20(13-18(15)4)25-29(27,28)22-14-19(11-9-17(22)3)23(26)24-21-8-6-5-7-16(21)2/h5-14,25H,1-4H3,(H,24,26). The van der Waals surface area contributed by atoms with Crippen LogP contribution in [0.5, 0.6) is 0 Å². The summed E-state index contributed by atoms with van der Waals surface area (Å²) in [4.78, 5) is 12.7. The monoisotopic (exact) mass is 408 g/mol. The first kappa shape index (κ1) is 20.6. The summed E-state index contributed by atoms with van der Waals surface area (Å²) in [6.07, 6.45) is 0. The summed E-state index contributed by atoms with van der Waals surface area (Å²) in [7, 11) is -3.84. The van der Waals surface area contributed by atoms with Crippen LogP contribution in [-0.2, 0) is 10.0 Å². The number of hydrogen-bond donors (Lipinski definition) is 2. The molecule has 6 heteroatoms. The van der Waals surface area contributed by atoms with E-state index in [1.54, 1.807) is 37.3 Å². The number of sulfonamides is 1. The van der Waals surface area contributed by atoms with Crippen molar-refractivity contribution in [2.24, 2.45) is 0 Å². The number of para-hydroxylation sites is 1. The van der Waals surface area contributed by atoms with E-state index in [0.29, 0.717) is 16.9 Å². The third-order valence-electron chi connectivity index (χ3n) is 4.89. The first-order valence-corrected chi connectivity index (χ1v) is 10.7. The summed E-state index contributed by atoms with van der Waals surface area (Å²) in [5.41, 5.74) is 5.02. The van der Waals surface area contributed by atoms with Crippen LogP contribution in [0.25, 0.3) is 0 Å². The molecular formula is C23H24N2O3S. The van der Waals surface area contributed by atoms with Crippen molar-refractivity contribution >= 4 is 27.3 Å². The molecule has 0 saturated carbocycles. The van der Waals surface area contributed by atoms with E-state index in [1.165, 1.54) is 6.07 Å². The number of hydrogen-bond acceptors (Lipinski definition) is 3. The minimum absolute atomic E-state index is 0.0770. The lowest BCUT2D eigenvalue weighted by Gasteiger charge is -2.13. The van der Waals surface area contributed by atoms with E-state index in [1.807, 2.05) is 45.0 Å². The van der Waals surface area contributed by atoms with E-state index in [-0.39, 0.29) is 16.4 Å². The molecule has 0 unspecified atom stereocenters. The molecule has 3 rings (SSSR count). The summed E-state index contributed by atoms with van der Waals surface area (Å²) in [5.74, 6) is -0.359. The maximum Gasteiger partial charge on any atom is 0.262 e. The largest absolute Gasteiger partial charge is 0.322 e. The number of rotatable bonds is 5. The second kappa shape index (κ2) is 8.09. The third kappa shape index (κ3) is 4.66. The van der Waals surface area contributed by atoms with Crippen molar-refractivity contribution in [1.29, 1.82) is 0 Å². The quantitative estimate of drug-likeness (QED) is 0.626. The number of carbonyl (C=O) groups is 1. The molecule has 0 saturated heterocycles. The number of anilines is 2. The second-order valence-electron chi connectivity index (χ2n) is 7.15. The fourth-order valence-corrected chi connectivity index (χ4v) is 4.27. The molecule has 0 aliphatic rings. The van der Waals surface area contributed by atoms with Crippen molar-refractivity contribution in [3.63, 3.8) is 0 Å². The Morgan fingerprint density at radius 3 is 2.14 bits per heavy atom. The van der Waals surface area contributed by atoms with Gasteiger partial charge in [-0.05, 0) is 80.3 Å². The topological polar surface area (TPSA) is 75.3 Å². The van der Waals surface area contributed by atoms with Gasteiger partial charge in [0.15, 0.2) is 0 Å². The first-order chi connectivity index (χ1) is 13.7. The van der Waals surface area contributed by atoms with Gasteiger partial charge >= 0.3 is 0 Å². The van der Waals surface area contributed by atoms with Crippen molar-refractivity contribution in [2.45, 2.75) is 32.6 Å². The maximum atomic E-state index is 13.0. The Hall–Kier alpha value is -3.12. The molecule has 29 heavy (non-hydrogen) atoms. The molecule has 3 aromatic carbocycles. The van der Waals surface area contributed by atoms with Crippen molar-refractivity contribution < 1.29 is 13.2 Å². The Morgan fingerprint density at radius 1 is 0.759 bits per heavy atom. The molecule has 0 aromatic heterocycles. The van der Waals surface area contributed by atoms with Gasteiger partial charge in [0.25, 0.3) is 15.9 Å². The first-order valence-electron chi connectivity index (χ1n) is 9.25. The molecule has 150 valence electrons. The van der Waals surface area contributed by atoms with Gasteiger partial charge in [0.05, 0.1) is 4.90 Å². The van der Waals surface area contributed by atoms with E-state index < -0.39 is 10.0 Å². The highest BCUT2D eigenvalue weighted by molar-refractivity contribution is 7.92. The minimum Gasteiger partial charge on any atom is -0.322 e. The Balaban J connectivity index is 1.90. The Bertz CT molecular complexity index is 1180. The van der Waals surface area contributed by atoms with Gasteiger partial charge in [-0.1, -0.05) is 30.3 Å². The fraction of sp³-hybridized carbons (Fsp3) is 0.174. The predicted molar refractivity (Wildman–Crippen MR) is 117 cm³/mol. The van der Waals surface area contributed by atoms with Gasteiger partial charge in [-0.25, -0.2) is 8.42 Å². The van der Waals surface area contributed by atoms with Crippen LogP contribution in [0.4, 0.5) is 11.4 Å². The van der Waals surface area contributed by atoms with Crippen molar-refractivity contribution in [2.75, 3.05) is 10.0 Å². The number of amides is 1. The SMILES string of the molecule is Cc1ccc(NS(=O)(=O)c2cc(C(=O)Nc3ccccc3C)ccc2C)cc1C. The highest BCUT2D eigenvalue weighted by Crippen LogP contribution is 2.23. The Labute approximate surface area is 171 Å². The van der Waals surface area contributed by atoms with Gasteiger partial charge < -0.3 is 5.32 Å². The number of carbonyl (C=O) groups excluding carboxylic acids is 1. The van der Waals surface area contributed by atoms with Gasteiger partial charge in [0.2, 0.25) is 0 Å². The summed E-state index contributed by atoms with van der Waals surface area (Å²) in [6.45, 7) is 7.50. The van der Waals surface area contributed by atoms with Gasteiger partial charge in [-0.15, -0.1) is 0 Å². The summed E-state index contributed by atoms with van der Waals surface area (Å²) in [5, 5.41) is 2.83. The van der Waals surface area contributed by atoms with Gasteiger partial charge in [-0.3, -0.25) is 9.52 Å². The van der Waals surface area contributed by atoms with Gasteiger partial charge in [-0.2, -0.15) is 0 Å². The van der Waals surface area contributed by atoms with Crippen LogP contribution in [0.2, 0.25) is 0 Å². The average Bonchev–Trinajstić information content (AvgIpc) is 2.66. The van der Waals surface area contributed by atoms with Crippen LogP contribution in [-0.4, -0.2) is 14.3 Å². The van der Waals surface area contributed by atoms with Crippen molar-refractivity contribution in [3.8, 4) is 0 Å². The van der Waals surface area contributed by atoms with Crippen LogP contribution in [0, 0.1) is 27.7 Å².